The van der Waals surface area contributed by atoms with E-state index in [1.165, 1.54) is 5.56 Å². The van der Waals surface area contributed by atoms with E-state index in [0.717, 1.165) is 6.54 Å². The van der Waals surface area contributed by atoms with Gasteiger partial charge < -0.3 is 5.32 Å². The van der Waals surface area contributed by atoms with Crippen LogP contribution in [0.3, 0.4) is 0 Å². The summed E-state index contributed by atoms with van der Waals surface area (Å²) in [6, 6.07) is 10.3. The van der Waals surface area contributed by atoms with Crippen molar-refractivity contribution >= 4 is 0 Å². The maximum Gasteiger partial charge on any atom is 0.0202 e. The molecule has 0 atom stereocenters. The van der Waals surface area contributed by atoms with Gasteiger partial charge in [-0.25, -0.2) is 0 Å². The van der Waals surface area contributed by atoms with Crippen LogP contribution in [0.5, 0.6) is 0 Å². The topological polar surface area (TPSA) is 12.0 Å². The van der Waals surface area contributed by atoms with Crippen LogP contribution in [0.2, 0.25) is 0 Å². The third-order valence-electron chi connectivity index (χ3n) is 1.22. The van der Waals surface area contributed by atoms with Crippen LogP contribution < -0.4 is 5.32 Å². The highest BCUT2D eigenvalue weighted by atomic mass is 14.8. The second-order valence-corrected chi connectivity index (χ2v) is 2.02. The van der Waals surface area contributed by atoms with Gasteiger partial charge in [0.05, 0.1) is 0 Å². The Labute approximate surface area is 69.4 Å². The van der Waals surface area contributed by atoms with Gasteiger partial charge in [0, 0.05) is 6.54 Å². The fraction of sp³-hybridized carbons (Fsp3) is 0.400. The Balaban J connectivity index is 0.000000461. The van der Waals surface area contributed by atoms with Crippen LogP contribution in [-0.2, 0) is 6.54 Å². The largest absolute Gasteiger partial charge is 0.316 e. The Kier molecular flexibility index (Phi) is 6.75. The van der Waals surface area contributed by atoms with Gasteiger partial charge in [-0.2, -0.15) is 0 Å². The summed E-state index contributed by atoms with van der Waals surface area (Å²) in [4.78, 5) is 0. The minimum Gasteiger partial charge on any atom is -0.316 e. The molecular formula is C10H17N. The van der Waals surface area contributed by atoms with E-state index in [-0.39, 0.29) is 0 Å². The molecule has 1 N–H and O–H groups in total. The second-order valence-electron chi connectivity index (χ2n) is 2.02. The fourth-order valence-electron chi connectivity index (χ4n) is 0.800. The Morgan fingerprint density at radius 2 is 1.64 bits per heavy atom. The molecule has 1 aromatic rings. The molecule has 1 rings (SSSR count). The SMILES string of the molecule is CC.CNCc1ccccc1. The van der Waals surface area contributed by atoms with Crippen molar-refractivity contribution in [3.05, 3.63) is 35.9 Å². The van der Waals surface area contributed by atoms with E-state index in [2.05, 4.69) is 17.4 Å². The van der Waals surface area contributed by atoms with Crippen molar-refractivity contribution < 1.29 is 0 Å². The van der Waals surface area contributed by atoms with Crippen LogP contribution in [0.15, 0.2) is 30.3 Å². The normalized spacial score (nSPS) is 8.27. The smallest absolute Gasteiger partial charge is 0.0202 e. The molecule has 0 spiro atoms. The first-order chi connectivity index (χ1) is 5.43. The molecule has 0 saturated carbocycles. The molecule has 0 fully saturated rings. The molecule has 1 aromatic carbocycles. The van der Waals surface area contributed by atoms with Gasteiger partial charge in [0.15, 0.2) is 0 Å². The molecule has 0 amide bonds. The zero-order valence-electron chi connectivity index (χ0n) is 7.59. The van der Waals surface area contributed by atoms with Crippen molar-refractivity contribution in [2.45, 2.75) is 20.4 Å². The second kappa shape index (κ2) is 7.29. The first-order valence-corrected chi connectivity index (χ1v) is 4.12. The van der Waals surface area contributed by atoms with Gasteiger partial charge in [-0.1, -0.05) is 44.2 Å². The summed E-state index contributed by atoms with van der Waals surface area (Å²) in [5.74, 6) is 0. The van der Waals surface area contributed by atoms with Crippen molar-refractivity contribution in [1.82, 2.24) is 5.32 Å². The molecule has 0 heterocycles. The molecule has 0 aliphatic rings. The molecule has 0 aliphatic carbocycles. The lowest BCUT2D eigenvalue weighted by atomic mass is 10.2. The van der Waals surface area contributed by atoms with Crippen LogP contribution in [-0.4, -0.2) is 7.05 Å². The zero-order valence-corrected chi connectivity index (χ0v) is 7.59. The third-order valence-corrected chi connectivity index (χ3v) is 1.22. The van der Waals surface area contributed by atoms with Gasteiger partial charge in [-0.05, 0) is 12.6 Å². The zero-order chi connectivity index (χ0) is 8.53. The average Bonchev–Trinajstić information content (AvgIpc) is 2.11. The van der Waals surface area contributed by atoms with Crippen LogP contribution in [0, 0.1) is 0 Å². The Hall–Kier alpha value is -0.820. The Bertz CT molecular complexity index is 158. The van der Waals surface area contributed by atoms with E-state index in [1.54, 1.807) is 0 Å². The molecule has 0 saturated heterocycles. The molecule has 0 aromatic heterocycles. The van der Waals surface area contributed by atoms with Gasteiger partial charge in [0.1, 0.15) is 0 Å². The highest BCUT2D eigenvalue weighted by Gasteiger charge is 1.83. The van der Waals surface area contributed by atoms with E-state index in [0.29, 0.717) is 0 Å². The van der Waals surface area contributed by atoms with Crippen molar-refractivity contribution in [3.63, 3.8) is 0 Å². The predicted molar refractivity (Wildman–Crippen MR) is 50.6 cm³/mol. The van der Waals surface area contributed by atoms with Crippen LogP contribution in [0.1, 0.15) is 19.4 Å². The lowest BCUT2D eigenvalue weighted by Crippen LogP contribution is -2.04. The van der Waals surface area contributed by atoms with Gasteiger partial charge in [0.25, 0.3) is 0 Å². The Morgan fingerprint density at radius 3 is 2.09 bits per heavy atom. The molecule has 62 valence electrons. The van der Waals surface area contributed by atoms with Crippen molar-refractivity contribution in [2.24, 2.45) is 0 Å². The summed E-state index contributed by atoms with van der Waals surface area (Å²) in [6.07, 6.45) is 0. The Morgan fingerprint density at radius 1 is 1.09 bits per heavy atom. The number of hydrogen-bond acceptors (Lipinski definition) is 1. The number of hydrogen-bond donors (Lipinski definition) is 1. The van der Waals surface area contributed by atoms with E-state index < -0.39 is 0 Å². The molecule has 1 heteroatoms. The fourth-order valence-corrected chi connectivity index (χ4v) is 0.800. The standard InChI is InChI=1S/C8H11N.C2H6/c1-9-7-8-5-3-2-4-6-8;1-2/h2-6,9H,7H2,1H3;1-2H3. The van der Waals surface area contributed by atoms with E-state index in [1.807, 2.05) is 39.1 Å². The van der Waals surface area contributed by atoms with Crippen molar-refractivity contribution in [1.29, 1.82) is 0 Å². The first kappa shape index (κ1) is 10.2. The highest BCUT2D eigenvalue weighted by Crippen LogP contribution is 1.95. The van der Waals surface area contributed by atoms with Crippen LogP contribution >= 0.6 is 0 Å². The van der Waals surface area contributed by atoms with Crippen LogP contribution in [0.4, 0.5) is 0 Å². The number of rotatable bonds is 2. The maximum atomic E-state index is 3.08. The summed E-state index contributed by atoms with van der Waals surface area (Å²) in [7, 11) is 1.95. The monoisotopic (exact) mass is 151 g/mol. The lowest BCUT2D eigenvalue weighted by Gasteiger charge is -1.95. The highest BCUT2D eigenvalue weighted by molar-refractivity contribution is 5.13. The maximum absolute atomic E-state index is 3.08. The summed E-state index contributed by atoms with van der Waals surface area (Å²) in [6.45, 7) is 4.96. The molecule has 11 heavy (non-hydrogen) atoms. The van der Waals surface area contributed by atoms with Crippen molar-refractivity contribution in [3.8, 4) is 0 Å². The third kappa shape index (κ3) is 4.57. The average molecular weight is 151 g/mol. The summed E-state index contributed by atoms with van der Waals surface area (Å²) < 4.78 is 0. The molecule has 0 radical (unpaired) electrons. The lowest BCUT2D eigenvalue weighted by molar-refractivity contribution is 0.818. The molecule has 1 nitrogen and oxygen atoms in total. The van der Waals surface area contributed by atoms with Gasteiger partial charge >= 0.3 is 0 Å². The molecular weight excluding hydrogens is 134 g/mol. The minimum atomic E-state index is 0.959. The van der Waals surface area contributed by atoms with Gasteiger partial charge in [-0.15, -0.1) is 0 Å². The quantitative estimate of drug-likeness (QED) is 0.684. The summed E-state index contributed by atoms with van der Waals surface area (Å²) in [5, 5.41) is 3.08. The van der Waals surface area contributed by atoms with E-state index in [4.69, 9.17) is 0 Å². The molecule has 0 bridgehead atoms. The van der Waals surface area contributed by atoms with Gasteiger partial charge in [-0.3, -0.25) is 0 Å². The molecule has 0 unspecified atom stereocenters. The van der Waals surface area contributed by atoms with E-state index in [9.17, 15) is 0 Å². The number of benzene rings is 1. The first-order valence-electron chi connectivity index (χ1n) is 4.12. The summed E-state index contributed by atoms with van der Waals surface area (Å²) in [5.41, 5.74) is 1.33. The minimum absolute atomic E-state index is 0.959. The predicted octanol–water partition coefficient (Wildman–Crippen LogP) is 2.43. The van der Waals surface area contributed by atoms with E-state index >= 15 is 0 Å². The van der Waals surface area contributed by atoms with Crippen LogP contribution in [0.25, 0.3) is 0 Å². The molecule has 0 aliphatic heterocycles. The number of nitrogens with one attached hydrogen (secondary N) is 1. The summed E-state index contributed by atoms with van der Waals surface area (Å²) >= 11 is 0. The van der Waals surface area contributed by atoms with Gasteiger partial charge in [0.2, 0.25) is 0 Å². The van der Waals surface area contributed by atoms with Crippen molar-refractivity contribution in [2.75, 3.05) is 7.05 Å².